The Morgan fingerprint density at radius 2 is 1.86 bits per heavy atom. The van der Waals surface area contributed by atoms with Crippen molar-refractivity contribution in [1.29, 1.82) is 0 Å². The summed E-state index contributed by atoms with van der Waals surface area (Å²) in [4.78, 5) is 24.3. The van der Waals surface area contributed by atoms with Gasteiger partial charge in [0.25, 0.3) is 0 Å². The van der Waals surface area contributed by atoms with Crippen LogP contribution in [0.25, 0.3) is 11.3 Å². The quantitative estimate of drug-likeness (QED) is 0.786. The van der Waals surface area contributed by atoms with Gasteiger partial charge in [-0.05, 0) is 6.07 Å². The number of thiazole rings is 1. The molecular weight excluding hydrogens is 296 g/mol. The third-order valence-corrected chi connectivity index (χ3v) is 3.91. The number of carbonyl (C=O) groups is 1. The number of rotatable bonds is 5. The molecule has 0 saturated heterocycles. The van der Waals surface area contributed by atoms with Gasteiger partial charge in [0.15, 0.2) is 0 Å². The maximum Gasteiger partial charge on any atom is 0.229 e. The summed E-state index contributed by atoms with van der Waals surface area (Å²) in [7, 11) is 0. The van der Waals surface area contributed by atoms with Crippen LogP contribution in [-0.2, 0) is 11.2 Å². The fourth-order valence-corrected chi connectivity index (χ4v) is 2.75. The predicted molar refractivity (Wildman–Crippen MR) is 86.5 cm³/mol. The molecule has 0 radical (unpaired) electrons. The van der Waals surface area contributed by atoms with E-state index in [0.29, 0.717) is 18.8 Å². The Hall–Kier alpha value is -2.60. The van der Waals surface area contributed by atoms with Crippen LogP contribution >= 0.6 is 11.3 Å². The van der Waals surface area contributed by atoms with Crippen LogP contribution in [0.1, 0.15) is 11.4 Å². The minimum atomic E-state index is -0.109. The van der Waals surface area contributed by atoms with Crippen LogP contribution in [-0.4, -0.2) is 20.9 Å². The van der Waals surface area contributed by atoms with E-state index >= 15 is 0 Å². The van der Waals surface area contributed by atoms with Gasteiger partial charge in [0, 0.05) is 36.2 Å². The molecule has 0 spiro atoms. The minimum Gasteiger partial charge on any atom is -0.295 e. The van der Waals surface area contributed by atoms with E-state index in [-0.39, 0.29) is 5.91 Å². The van der Waals surface area contributed by atoms with E-state index in [0.717, 1.165) is 16.3 Å². The SMILES string of the molecule is O=C(CCc1nc(-c2ccccc2)cs1)Nc1ncccn1. The second-order valence-corrected chi connectivity index (χ2v) is 5.56. The Kier molecular flexibility index (Phi) is 4.50. The minimum absolute atomic E-state index is 0.109. The van der Waals surface area contributed by atoms with Crippen LogP contribution < -0.4 is 5.32 Å². The number of carbonyl (C=O) groups excluding carboxylic acids is 1. The first kappa shape index (κ1) is 14.3. The zero-order valence-corrected chi connectivity index (χ0v) is 12.6. The first-order chi connectivity index (χ1) is 10.8. The van der Waals surface area contributed by atoms with Crippen molar-refractivity contribution >= 4 is 23.2 Å². The Balaban J connectivity index is 1.56. The van der Waals surface area contributed by atoms with Crippen LogP contribution in [0.5, 0.6) is 0 Å². The molecule has 3 aromatic rings. The van der Waals surface area contributed by atoms with Crippen molar-refractivity contribution in [3.63, 3.8) is 0 Å². The van der Waals surface area contributed by atoms with E-state index < -0.39 is 0 Å². The maximum absolute atomic E-state index is 11.8. The fourth-order valence-electron chi connectivity index (χ4n) is 1.94. The van der Waals surface area contributed by atoms with Crippen molar-refractivity contribution in [3.8, 4) is 11.3 Å². The van der Waals surface area contributed by atoms with Gasteiger partial charge in [-0.15, -0.1) is 11.3 Å². The Bertz CT molecular complexity index is 743. The summed E-state index contributed by atoms with van der Waals surface area (Å²) in [5.41, 5.74) is 2.04. The average molecular weight is 310 g/mol. The smallest absolute Gasteiger partial charge is 0.229 e. The van der Waals surface area contributed by atoms with Crippen LogP contribution in [0.4, 0.5) is 5.95 Å². The van der Waals surface area contributed by atoms with Crippen molar-refractivity contribution in [2.75, 3.05) is 5.32 Å². The molecule has 5 nitrogen and oxygen atoms in total. The van der Waals surface area contributed by atoms with Gasteiger partial charge in [-0.1, -0.05) is 30.3 Å². The number of nitrogens with one attached hydrogen (secondary N) is 1. The van der Waals surface area contributed by atoms with Crippen molar-refractivity contribution in [1.82, 2.24) is 15.0 Å². The summed E-state index contributed by atoms with van der Waals surface area (Å²) >= 11 is 1.57. The zero-order chi connectivity index (χ0) is 15.2. The Morgan fingerprint density at radius 3 is 2.64 bits per heavy atom. The number of aromatic nitrogens is 3. The molecule has 2 aromatic heterocycles. The topological polar surface area (TPSA) is 67.8 Å². The molecule has 0 unspecified atom stereocenters. The summed E-state index contributed by atoms with van der Waals surface area (Å²) in [6.07, 6.45) is 4.15. The predicted octanol–water partition coefficient (Wildman–Crippen LogP) is 3.17. The second kappa shape index (κ2) is 6.91. The van der Waals surface area contributed by atoms with Crippen molar-refractivity contribution in [2.45, 2.75) is 12.8 Å². The summed E-state index contributed by atoms with van der Waals surface area (Å²) in [5, 5.41) is 5.63. The highest BCUT2D eigenvalue weighted by molar-refractivity contribution is 7.09. The van der Waals surface area contributed by atoms with Gasteiger partial charge in [0.1, 0.15) is 0 Å². The summed E-state index contributed by atoms with van der Waals surface area (Å²) in [6, 6.07) is 11.7. The molecule has 0 aliphatic carbocycles. The number of amides is 1. The van der Waals surface area contributed by atoms with Gasteiger partial charge in [-0.3, -0.25) is 10.1 Å². The van der Waals surface area contributed by atoms with E-state index in [4.69, 9.17) is 0 Å². The van der Waals surface area contributed by atoms with Crippen molar-refractivity contribution in [3.05, 3.63) is 59.2 Å². The highest BCUT2D eigenvalue weighted by Crippen LogP contribution is 2.22. The monoisotopic (exact) mass is 310 g/mol. The van der Waals surface area contributed by atoms with Crippen LogP contribution in [0.3, 0.4) is 0 Å². The first-order valence-corrected chi connectivity index (χ1v) is 7.76. The van der Waals surface area contributed by atoms with Gasteiger partial charge >= 0.3 is 0 Å². The Morgan fingerprint density at radius 1 is 1.09 bits per heavy atom. The summed E-state index contributed by atoms with van der Waals surface area (Å²) in [6.45, 7) is 0. The standard InChI is InChI=1S/C16H14N4OS/c21-14(20-16-17-9-4-10-18-16)7-8-15-19-13(11-22-15)12-5-2-1-3-6-12/h1-6,9-11H,7-8H2,(H,17,18,20,21). The highest BCUT2D eigenvalue weighted by Gasteiger charge is 2.08. The van der Waals surface area contributed by atoms with E-state index in [1.807, 2.05) is 35.7 Å². The molecule has 0 aliphatic heterocycles. The van der Waals surface area contributed by atoms with Gasteiger partial charge < -0.3 is 0 Å². The first-order valence-electron chi connectivity index (χ1n) is 6.88. The molecule has 0 aliphatic rings. The lowest BCUT2D eigenvalue weighted by molar-refractivity contribution is -0.116. The largest absolute Gasteiger partial charge is 0.295 e. The maximum atomic E-state index is 11.8. The highest BCUT2D eigenvalue weighted by atomic mass is 32.1. The Labute approximate surface area is 132 Å². The number of hydrogen-bond donors (Lipinski definition) is 1. The zero-order valence-electron chi connectivity index (χ0n) is 11.8. The molecule has 0 fully saturated rings. The molecule has 22 heavy (non-hydrogen) atoms. The molecule has 1 N–H and O–H groups in total. The normalized spacial score (nSPS) is 10.4. The van der Waals surface area contributed by atoms with E-state index in [1.54, 1.807) is 29.8 Å². The lowest BCUT2D eigenvalue weighted by Crippen LogP contribution is -2.14. The summed E-state index contributed by atoms with van der Waals surface area (Å²) in [5.74, 6) is 0.222. The molecule has 1 aromatic carbocycles. The van der Waals surface area contributed by atoms with Gasteiger partial charge in [0.2, 0.25) is 11.9 Å². The number of anilines is 1. The molecule has 0 saturated carbocycles. The molecule has 1 amide bonds. The lowest BCUT2D eigenvalue weighted by Gasteiger charge is -2.01. The van der Waals surface area contributed by atoms with Crippen molar-refractivity contribution < 1.29 is 4.79 Å². The number of nitrogens with zero attached hydrogens (tertiary/aromatic N) is 3. The van der Waals surface area contributed by atoms with E-state index in [9.17, 15) is 4.79 Å². The number of aryl methyl sites for hydroxylation is 1. The average Bonchev–Trinajstić information content (AvgIpc) is 3.04. The van der Waals surface area contributed by atoms with Crippen molar-refractivity contribution in [2.24, 2.45) is 0 Å². The van der Waals surface area contributed by atoms with Gasteiger partial charge in [-0.25, -0.2) is 15.0 Å². The molecule has 3 rings (SSSR count). The number of hydrogen-bond acceptors (Lipinski definition) is 5. The van der Waals surface area contributed by atoms with E-state index in [1.165, 1.54) is 0 Å². The van der Waals surface area contributed by atoms with Crippen LogP contribution in [0, 0.1) is 0 Å². The molecule has 6 heteroatoms. The van der Waals surface area contributed by atoms with Gasteiger partial charge in [0.05, 0.1) is 10.7 Å². The number of benzene rings is 1. The molecule has 0 atom stereocenters. The molecular formula is C16H14N4OS. The lowest BCUT2D eigenvalue weighted by atomic mass is 10.2. The fraction of sp³-hybridized carbons (Fsp3) is 0.125. The molecule has 0 bridgehead atoms. The van der Waals surface area contributed by atoms with Crippen LogP contribution in [0.2, 0.25) is 0 Å². The second-order valence-electron chi connectivity index (χ2n) is 4.61. The van der Waals surface area contributed by atoms with Crippen LogP contribution in [0.15, 0.2) is 54.2 Å². The molecule has 110 valence electrons. The molecule has 2 heterocycles. The van der Waals surface area contributed by atoms with E-state index in [2.05, 4.69) is 20.3 Å². The third kappa shape index (κ3) is 3.73. The third-order valence-electron chi connectivity index (χ3n) is 3.00. The van der Waals surface area contributed by atoms with Gasteiger partial charge in [-0.2, -0.15) is 0 Å². The summed E-state index contributed by atoms with van der Waals surface area (Å²) < 4.78 is 0.